The summed E-state index contributed by atoms with van der Waals surface area (Å²) in [4.78, 5) is 25.9. The monoisotopic (exact) mass is 281 g/mol. The van der Waals surface area contributed by atoms with E-state index in [9.17, 15) is 14.7 Å². The van der Waals surface area contributed by atoms with Crippen LogP contribution in [-0.4, -0.2) is 34.5 Å². The third-order valence-electron chi connectivity index (χ3n) is 4.92. The van der Waals surface area contributed by atoms with Gasteiger partial charge in [-0.1, -0.05) is 39.0 Å². The van der Waals surface area contributed by atoms with Crippen molar-refractivity contribution in [3.63, 3.8) is 0 Å². The summed E-state index contributed by atoms with van der Waals surface area (Å²) in [6.07, 6.45) is 9.64. The third-order valence-corrected chi connectivity index (χ3v) is 4.92. The molecule has 2 aliphatic rings. The summed E-state index contributed by atoms with van der Waals surface area (Å²) in [5.74, 6) is -0.608. The summed E-state index contributed by atoms with van der Waals surface area (Å²) in [5, 5.41) is 9.43. The van der Waals surface area contributed by atoms with Gasteiger partial charge in [0.25, 0.3) is 0 Å². The maximum atomic E-state index is 12.7. The lowest BCUT2D eigenvalue weighted by Gasteiger charge is -2.39. The van der Waals surface area contributed by atoms with Crippen LogP contribution in [0.3, 0.4) is 0 Å². The van der Waals surface area contributed by atoms with Gasteiger partial charge in [-0.2, -0.15) is 0 Å². The van der Waals surface area contributed by atoms with Crippen molar-refractivity contribution < 1.29 is 14.7 Å². The minimum atomic E-state index is -0.837. The first-order valence-corrected chi connectivity index (χ1v) is 8.14. The first kappa shape index (κ1) is 15.3. The number of aliphatic carboxylic acids is 1. The van der Waals surface area contributed by atoms with E-state index in [4.69, 9.17) is 0 Å². The van der Waals surface area contributed by atoms with E-state index in [-0.39, 0.29) is 17.7 Å². The fourth-order valence-corrected chi connectivity index (χ4v) is 3.75. The van der Waals surface area contributed by atoms with Gasteiger partial charge in [0.2, 0.25) is 5.91 Å². The Bertz CT molecular complexity index is 348. The molecule has 2 rings (SSSR count). The number of piperidine rings is 1. The Morgan fingerprint density at radius 2 is 1.55 bits per heavy atom. The predicted molar refractivity (Wildman–Crippen MR) is 77.3 cm³/mol. The van der Waals surface area contributed by atoms with Crippen LogP contribution in [0, 0.1) is 11.8 Å². The molecule has 2 atom stereocenters. The molecule has 1 saturated heterocycles. The Morgan fingerprint density at radius 3 is 2.15 bits per heavy atom. The van der Waals surface area contributed by atoms with Crippen LogP contribution in [0.25, 0.3) is 0 Å². The van der Waals surface area contributed by atoms with Gasteiger partial charge in [0.1, 0.15) is 6.04 Å². The van der Waals surface area contributed by atoms with Gasteiger partial charge in [0.05, 0.1) is 0 Å². The summed E-state index contributed by atoms with van der Waals surface area (Å²) in [7, 11) is 0. The van der Waals surface area contributed by atoms with E-state index < -0.39 is 12.0 Å². The molecule has 2 unspecified atom stereocenters. The molecule has 0 aromatic rings. The topological polar surface area (TPSA) is 57.6 Å². The number of hydrogen-bond acceptors (Lipinski definition) is 2. The van der Waals surface area contributed by atoms with Crippen LogP contribution in [-0.2, 0) is 9.59 Å². The normalized spacial score (nSPS) is 29.6. The van der Waals surface area contributed by atoms with Crippen molar-refractivity contribution in [2.24, 2.45) is 11.8 Å². The van der Waals surface area contributed by atoms with Crippen LogP contribution in [0.1, 0.15) is 64.7 Å². The maximum absolute atomic E-state index is 12.7. The number of rotatable bonds is 2. The summed E-state index contributed by atoms with van der Waals surface area (Å²) in [6.45, 7) is 2.58. The van der Waals surface area contributed by atoms with Crippen LogP contribution in [0.2, 0.25) is 0 Å². The fraction of sp³-hybridized carbons (Fsp3) is 0.875. The summed E-state index contributed by atoms with van der Waals surface area (Å²) < 4.78 is 0. The molecule has 4 nitrogen and oxygen atoms in total. The van der Waals surface area contributed by atoms with Gasteiger partial charge >= 0.3 is 5.97 Å². The van der Waals surface area contributed by atoms with Crippen molar-refractivity contribution in [1.29, 1.82) is 0 Å². The molecule has 4 heteroatoms. The highest BCUT2D eigenvalue weighted by molar-refractivity contribution is 5.85. The molecule has 1 heterocycles. The van der Waals surface area contributed by atoms with Crippen molar-refractivity contribution in [3.05, 3.63) is 0 Å². The van der Waals surface area contributed by atoms with Crippen LogP contribution >= 0.6 is 0 Å². The third kappa shape index (κ3) is 3.53. The largest absolute Gasteiger partial charge is 0.480 e. The summed E-state index contributed by atoms with van der Waals surface area (Å²) >= 11 is 0. The second-order valence-corrected chi connectivity index (χ2v) is 6.48. The number of amides is 1. The van der Waals surface area contributed by atoms with E-state index in [0.717, 1.165) is 38.5 Å². The molecule has 0 aromatic carbocycles. The molecule has 1 amide bonds. The van der Waals surface area contributed by atoms with Crippen LogP contribution in [0.15, 0.2) is 0 Å². The number of carbonyl (C=O) groups excluding carboxylic acids is 1. The van der Waals surface area contributed by atoms with Crippen molar-refractivity contribution >= 4 is 11.9 Å². The second kappa shape index (κ2) is 7.09. The molecular formula is C16H27NO3. The Labute approximate surface area is 121 Å². The van der Waals surface area contributed by atoms with Crippen LogP contribution in [0.4, 0.5) is 0 Å². The van der Waals surface area contributed by atoms with Gasteiger partial charge in [-0.3, -0.25) is 4.79 Å². The number of likely N-dealkylation sites (tertiary alicyclic amines) is 1. The average molecular weight is 281 g/mol. The Kier molecular flexibility index (Phi) is 5.44. The van der Waals surface area contributed by atoms with Crippen molar-refractivity contribution in [2.75, 3.05) is 6.54 Å². The lowest BCUT2D eigenvalue weighted by atomic mass is 9.86. The van der Waals surface area contributed by atoms with Gasteiger partial charge < -0.3 is 10.0 Å². The van der Waals surface area contributed by atoms with Crippen molar-refractivity contribution in [2.45, 2.75) is 70.8 Å². The maximum Gasteiger partial charge on any atom is 0.326 e. The molecule has 114 valence electrons. The quantitative estimate of drug-likeness (QED) is 0.846. The van der Waals surface area contributed by atoms with Gasteiger partial charge in [0.15, 0.2) is 0 Å². The number of carboxylic acid groups (broad SMARTS) is 1. The smallest absolute Gasteiger partial charge is 0.326 e. The van der Waals surface area contributed by atoms with Gasteiger partial charge in [-0.25, -0.2) is 4.79 Å². The van der Waals surface area contributed by atoms with E-state index in [1.165, 1.54) is 19.3 Å². The number of nitrogens with zero attached hydrogens (tertiary/aromatic N) is 1. The Balaban J connectivity index is 2.06. The summed E-state index contributed by atoms with van der Waals surface area (Å²) in [6, 6.07) is -0.610. The second-order valence-electron chi connectivity index (χ2n) is 6.48. The van der Waals surface area contributed by atoms with E-state index in [0.29, 0.717) is 6.54 Å². The van der Waals surface area contributed by atoms with Gasteiger partial charge in [0, 0.05) is 12.5 Å². The highest BCUT2D eigenvalue weighted by Crippen LogP contribution is 2.29. The molecule has 0 bridgehead atoms. The first-order valence-electron chi connectivity index (χ1n) is 8.14. The molecule has 0 spiro atoms. The number of carbonyl (C=O) groups is 2. The minimum absolute atomic E-state index is 0.0578. The molecule has 1 aliphatic carbocycles. The average Bonchev–Trinajstić information content (AvgIpc) is 2.36. The number of hydrogen-bond donors (Lipinski definition) is 1. The van der Waals surface area contributed by atoms with E-state index in [1.807, 2.05) is 6.92 Å². The van der Waals surface area contributed by atoms with Crippen LogP contribution in [0.5, 0.6) is 0 Å². The Morgan fingerprint density at radius 1 is 0.950 bits per heavy atom. The molecule has 2 fully saturated rings. The molecule has 1 saturated carbocycles. The highest BCUT2D eigenvalue weighted by Gasteiger charge is 2.39. The fourth-order valence-electron chi connectivity index (χ4n) is 3.75. The Hall–Kier alpha value is -1.06. The molecule has 20 heavy (non-hydrogen) atoms. The van der Waals surface area contributed by atoms with Crippen molar-refractivity contribution in [1.82, 2.24) is 4.90 Å². The highest BCUT2D eigenvalue weighted by atomic mass is 16.4. The van der Waals surface area contributed by atoms with Crippen molar-refractivity contribution in [3.8, 4) is 0 Å². The zero-order chi connectivity index (χ0) is 14.5. The minimum Gasteiger partial charge on any atom is -0.480 e. The molecular weight excluding hydrogens is 254 g/mol. The summed E-state index contributed by atoms with van der Waals surface area (Å²) in [5.41, 5.74) is 0. The lowest BCUT2D eigenvalue weighted by Crippen LogP contribution is -2.53. The van der Waals surface area contributed by atoms with E-state index in [1.54, 1.807) is 4.90 Å². The van der Waals surface area contributed by atoms with Gasteiger partial charge in [-0.05, 0) is 31.6 Å². The standard InChI is InChI=1S/C16H27NO3/c1-12-8-7-11-17(14(12)16(19)20)15(18)13-9-5-3-2-4-6-10-13/h12-14H,2-11H2,1H3,(H,19,20). The SMILES string of the molecule is CC1CCCN(C(=O)C2CCCCCCC2)C1C(=O)O. The van der Waals surface area contributed by atoms with E-state index in [2.05, 4.69) is 0 Å². The lowest BCUT2D eigenvalue weighted by molar-refractivity contribution is -0.156. The molecule has 1 aliphatic heterocycles. The van der Waals surface area contributed by atoms with Gasteiger partial charge in [-0.15, -0.1) is 0 Å². The molecule has 1 N–H and O–H groups in total. The van der Waals surface area contributed by atoms with E-state index >= 15 is 0 Å². The molecule has 0 aromatic heterocycles. The zero-order valence-corrected chi connectivity index (χ0v) is 12.5. The van der Waals surface area contributed by atoms with Crippen LogP contribution < -0.4 is 0 Å². The predicted octanol–water partition coefficient (Wildman–Crippen LogP) is 3.06. The zero-order valence-electron chi connectivity index (χ0n) is 12.5. The first-order chi connectivity index (χ1) is 9.61. The number of carboxylic acids is 1. The molecule has 0 radical (unpaired) electrons.